The molecular formula is C52H60Cl2N12O7. The molecule has 3 amide bonds. The van der Waals surface area contributed by atoms with Gasteiger partial charge in [0.15, 0.2) is 5.52 Å². The Balaban J connectivity index is 0.000000201. The minimum Gasteiger partial charge on any atom is -0.388 e. The summed E-state index contributed by atoms with van der Waals surface area (Å²) < 4.78 is 4.65. The molecule has 19 nitrogen and oxygen atoms in total. The van der Waals surface area contributed by atoms with Crippen LogP contribution in [0.4, 0.5) is 0 Å². The summed E-state index contributed by atoms with van der Waals surface area (Å²) in [5.41, 5.74) is 7.09. The van der Waals surface area contributed by atoms with Gasteiger partial charge in [0.1, 0.15) is 25.0 Å². The molecule has 1 unspecified atom stereocenters. The fourth-order valence-corrected chi connectivity index (χ4v) is 9.90. The number of aromatic amines is 1. The van der Waals surface area contributed by atoms with Crippen LogP contribution >= 0.6 is 23.2 Å². The second-order valence-electron chi connectivity index (χ2n) is 18.6. The van der Waals surface area contributed by atoms with E-state index in [0.29, 0.717) is 105 Å². The zero-order valence-electron chi connectivity index (χ0n) is 41.0. The van der Waals surface area contributed by atoms with Crippen molar-refractivity contribution in [2.24, 2.45) is 7.05 Å². The third-order valence-corrected chi connectivity index (χ3v) is 14.3. The molecule has 21 heteroatoms. The lowest BCUT2D eigenvalue weighted by molar-refractivity contribution is -0.136. The summed E-state index contributed by atoms with van der Waals surface area (Å²) in [5.74, 6) is -0.256. The van der Waals surface area contributed by atoms with E-state index in [2.05, 4.69) is 43.0 Å². The summed E-state index contributed by atoms with van der Waals surface area (Å²) in [6.07, 6.45) is 5.84. The number of H-pyrrole nitrogens is 1. The number of likely N-dealkylation sites (N-methyl/N-ethyl adjacent to an activating group) is 1. The quantitative estimate of drug-likeness (QED) is 0.0557. The van der Waals surface area contributed by atoms with Gasteiger partial charge >= 0.3 is 0 Å². The Bertz CT molecular complexity index is 3160. The largest absolute Gasteiger partial charge is 0.388 e. The van der Waals surface area contributed by atoms with E-state index in [1.54, 1.807) is 33.6 Å². The highest BCUT2D eigenvalue weighted by Crippen LogP contribution is 2.42. The van der Waals surface area contributed by atoms with Crippen LogP contribution in [0.15, 0.2) is 84.0 Å². The number of likely N-dealkylation sites (tertiary alicyclic amines) is 1. The predicted octanol–water partition coefficient (Wildman–Crippen LogP) is 4.18. The van der Waals surface area contributed by atoms with E-state index in [0.717, 1.165) is 50.9 Å². The molecule has 73 heavy (non-hydrogen) atoms. The third kappa shape index (κ3) is 12.0. The third-order valence-electron chi connectivity index (χ3n) is 13.5. The second kappa shape index (κ2) is 23.4. The van der Waals surface area contributed by atoms with Gasteiger partial charge < -0.3 is 45.7 Å². The second-order valence-corrected chi connectivity index (χ2v) is 19.4. The molecule has 1 fully saturated rings. The van der Waals surface area contributed by atoms with Crippen LogP contribution in [0.25, 0.3) is 44.5 Å². The Kier molecular flexibility index (Phi) is 16.9. The van der Waals surface area contributed by atoms with E-state index < -0.39 is 12.2 Å². The lowest BCUT2D eigenvalue weighted by atomic mass is 9.90. The van der Waals surface area contributed by atoms with E-state index >= 15 is 0 Å². The van der Waals surface area contributed by atoms with Gasteiger partial charge in [0.05, 0.1) is 52.0 Å². The van der Waals surface area contributed by atoms with Crippen molar-refractivity contribution < 1.29 is 29.4 Å². The molecule has 1 atom stereocenters. The Morgan fingerprint density at radius 2 is 1.71 bits per heavy atom. The van der Waals surface area contributed by atoms with Crippen LogP contribution < -0.4 is 21.5 Å². The number of aldehydes is 1. The van der Waals surface area contributed by atoms with Gasteiger partial charge in [-0.25, -0.2) is 4.98 Å². The van der Waals surface area contributed by atoms with E-state index in [-0.39, 0.29) is 47.8 Å². The van der Waals surface area contributed by atoms with Crippen LogP contribution in [0.3, 0.4) is 0 Å². The number of aromatic nitrogens is 7. The molecule has 9 rings (SSSR count). The van der Waals surface area contributed by atoms with Crippen LogP contribution in [-0.4, -0.2) is 137 Å². The maximum absolute atomic E-state index is 13.4. The average molecular weight is 1040 g/mol. The SMILES string of the molecule is CC(CC(=O)N1CCC(O)(Cn2cnc3c(-c4ccc(CNCC=O)cc4)n(C)nc3c2=O)CC1)c1ccccc1.CNCCNC(=O)Cn1ccc(-c2cc(Cl)c(Cl)c3[nH]c4c(c23)CN(C(=O)CO)CC4)n1. The first-order valence-electron chi connectivity index (χ1n) is 24.3. The predicted molar refractivity (Wildman–Crippen MR) is 279 cm³/mol. The molecule has 7 aromatic rings. The Hall–Kier alpha value is -6.74. The number of nitrogens with one attached hydrogen (secondary N) is 4. The highest BCUT2D eigenvalue weighted by molar-refractivity contribution is 6.45. The summed E-state index contributed by atoms with van der Waals surface area (Å²) in [4.78, 5) is 72.4. The van der Waals surface area contributed by atoms with E-state index in [1.807, 2.05) is 72.6 Å². The molecule has 0 saturated carbocycles. The lowest BCUT2D eigenvalue weighted by Gasteiger charge is -2.38. The van der Waals surface area contributed by atoms with Gasteiger partial charge in [-0.2, -0.15) is 10.2 Å². The zero-order chi connectivity index (χ0) is 51.8. The molecule has 3 aromatic carbocycles. The fourth-order valence-electron chi connectivity index (χ4n) is 9.50. The number of aliphatic hydroxyl groups excluding tert-OH is 1. The van der Waals surface area contributed by atoms with Crippen LogP contribution in [0.5, 0.6) is 0 Å². The first-order valence-corrected chi connectivity index (χ1v) is 25.0. The molecule has 6 heterocycles. The number of nitrogens with zero attached hydrogens (tertiary/aromatic N) is 8. The summed E-state index contributed by atoms with van der Waals surface area (Å²) in [7, 11) is 3.60. The highest BCUT2D eigenvalue weighted by atomic mass is 35.5. The van der Waals surface area contributed by atoms with E-state index in [4.69, 9.17) is 23.2 Å². The van der Waals surface area contributed by atoms with Gasteiger partial charge in [-0.15, -0.1) is 0 Å². The van der Waals surface area contributed by atoms with Crippen molar-refractivity contribution >= 4 is 69.1 Å². The Morgan fingerprint density at radius 1 is 0.959 bits per heavy atom. The van der Waals surface area contributed by atoms with Gasteiger partial charge in [-0.05, 0) is 49.1 Å². The van der Waals surface area contributed by atoms with Crippen LogP contribution in [0.1, 0.15) is 54.5 Å². The maximum Gasteiger partial charge on any atom is 0.281 e. The summed E-state index contributed by atoms with van der Waals surface area (Å²) in [6, 6.07) is 21.4. The molecule has 0 bridgehead atoms. The molecule has 384 valence electrons. The van der Waals surface area contributed by atoms with Crippen molar-refractivity contribution in [1.29, 1.82) is 0 Å². The number of halogens is 2. The summed E-state index contributed by atoms with van der Waals surface area (Å²) in [5, 5.41) is 40.1. The van der Waals surface area contributed by atoms with Crippen molar-refractivity contribution in [2.45, 2.75) is 70.3 Å². The van der Waals surface area contributed by atoms with Crippen molar-refractivity contribution in [3.63, 3.8) is 0 Å². The number of hydrogen-bond donors (Lipinski definition) is 6. The van der Waals surface area contributed by atoms with E-state index in [1.165, 1.54) is 10.9 Å². The maximum atomic E-state index is 13.4. The number of fused-ring (bicyclic) bond motifs is 4. The number of aryl methyl sites for hydroxylation is 1. The normalized spacial score (nSPS) is 14.7. The fraction of sp³-hybridized carbons (Fsp3) is 0.385. The minimum absolute atomic E-state index is 0.0786. The van der Waals surface area contributed by atoms with Gasteiger partial charge in [-0.3, -0.25) is 33.1 Å². The monoisotopic (exact) mass is 1030 g/mol. The molecule has 0 radical (unpaired) electrons. The number of aliphatic hydroxyl groups is 2. The smallest absolute Gasteiger partial charge is 0.281 e. The van der Waals surface area contributed by atoms with Crippen molar-refractivity contribution in [3.8, 4) is 22.5 Å². The molecule has 0 aliphatic carbocycles. The van der Waals surface area contributed by atoms with Crippen molar-refractivity contribution in [3.05, 3.63) is 122 Å². The first-order chi connectivity index (χ1) is 35.2. The highest BCUT2D eigenvalue weighted by Gasteiger charge is 2.35. The molecule has 2 aliphatic heterocycles. The minimum atomic E-state index is -1.12. The number of piperidine rings is 1. The molecule has 4 aromatic heterocycles. The summed E-state index contributed by atoms with van der Waals surface area (Å²) in [6.45, 7) is 5.55. The lowest BCUT2D eigenvalue weighted by Crippen LogP contribution is -2.49. The van der Waals surface area contributed by atoms with Crippen LogP contribution in [-0.2, 0) is 58.8 Å². The number of carbonyl (C=O) groups excluding carboxylic acids is 4. The molecule has 0 spiro atoms. The van der Waals surface area contributed by atoms with Crippen LogP contribution in [0, 0.1) is 0 Å². The number of benzene rings is 3. The standard InChI is InChI=1S/C31H36N6O4.C21H24Cl2N6O3/c1-22(24-6-4-3-5-7-24)18-26(39)36-15-12-31(41,13-16-36)20-37-21-33-27-28(30(37)40)34-35(2)29(27)25-10-8-23(9-11-25)19-32-14-17-38;1-24-4-5-25-17(31)10-29-7-3-16(27-29)12-8-14(22)20(23)21-19(12)13-9-28(18(32)11-30)6-2-15(13)26-21/h3-11,17,21-22,32,41H,12-16,18-20H2,1-2H3;3,7-8,24,26,30H,2,4-6,9-11H2,1H3,(H,25,31). The Morgan fingerprint density at radius 3 is 2.42 bits per heavy atom. The van der Waals surface area contributed by atoms with Crippen LogP contribution in [0.2, 0.25) is 10.0 Å². The number of hydrogen-bond acceptors (Lipinski definition) is 12. The van der Waals surface area contributed by atoms with Gasteiger partial charge in [-0.1, -0.05) is 84.7 Å². The molecule has 6 N–H and O–H groups in total. The number of carbonyl (C=O) groups is 4. The van der Waals surface area contributed by atoms with Gasteiger partial charge in [0.25, 0.3) is 5.56 Å². The zero-order valence-corrected chi connectivity index (χ0v) is 42.5. The average Bonchev–Trinajstić information content (AvgIpc) is 4.12. The van der Waals surface area contributed by atoms with Gasteiger partial charge in [0.2, 0.25) is 17.7 Å². The number of rotatable bonds is 17. The Labute approximate surface area is 431 Å². The molecular weight excluding hydrogens is 976 g/mol. The van der Waals surface area contributed by atoms with Gasteiger partial charge in [0, 0.05) is 99.7 Å². The summed E-state index contributed by atoms with van der Waals surface area (Å²) >= 11 is 12.9. The van der Waals surface area contributed by atoms with Crippen molar-refractivity contribution in [1.82, 2.24) is 59.8 Å². The van der Waals surface area contributed by atoms with E-state index in [9.17, 15) is 34.2 Å². The van der Waals surface area contributed by atoms with Crippen molar-refractivity contribution in [2.75, 3.05) is 52.9 Å². The number of amides is 3. The molecule has 1 saturated heterocycles. The first kappa shape index (κ1) is 52.6. The topological polar surface area (TPSA) is 238 Å². The molecule has 2 aliphatic rings.